The molecule has 0 amide bonds. The Morgan fingerprint density at radius 2 is 1.96 bits per heavy atom. The number of aromatic nitrogens is 3. The highest BCUT2D eigenvalue weighted by Gasteiger charge is 2.29. The molecular formula is C16H15N5O3S. The quantitative estimate of drug-likeness (QED) is 0.611. The molecule has 0 radical (unpaired) electrons. The van der Waals surface area contributed by atoms with Gasteiger partial charge in [-0.1, -0.05) is 23.9 Å². The monoisotopic (exact) mass is 357 g/mol. The summed E-state index contributed by atoms with van der Waals surface area (Å²) in [6.07, 6.45) is 0. The predicted octanol–water partition coefficient (Wildman–Crippen LogP) is 1.71. The van der Waals surface area contributed by atoms with Crippen LogP contribution in [0.15, 0.2) is 53.7 Å². The lowest BCUT2D eigenvalue weighted by Crippen LogP contribution is -2.99. The van der Waals surface area contributed by atoms with Crippen molar-refractivity contribution in [1.29, 1.82) is 0 Å². The van der Waals surface area contributed by atoms with Crippen LogP contribution < -0.4 is 15.4 Å². The highest BCUT2D eigenvalue weighted by molar-refractivity contribution is 7.99. The van der Waals surface area contributed by atoms with E-state index in [4.69, 9.17) is 9.94 Å². The van der Waals surface area contributed by atoms with E-state index in [1.54, 1.807) is 31.4 Å². The van der Waals surface area contributed by atoms with E-state index < -0.39 is 5.23 Å². The molecule has 8 nitrogen and oxygen atoms in total. The largest absolute Gasteiger partial charge is 0.595 e. The maximum atomic E-state index is 11.0. The van der Waals surface area contributed by atoms with Crippen LogP contribution in [0.2, 0.25) is 0 Å². The number of para-hydroxylation sites is 1. The van der Waals surface area contributed by atoms with Crippen molar-refractivity contribution in [2.24, 2.45) is 0 Å². The number of quaternary nitrogens is 1. The first-order chi connectivity index (χ1) is 12.2. The second kappa shape index (κ2) is 6.37. The van der Waals surface area contributed by atoms with E-state index in [1.807, 2.05) is 28.9 Å². The van der Waals surface area contributed by atoms with Gasteiger partial charge in [0, 0.05) is 12.1 Å². The second-order valence-corrected chi connectivity index (χ2v) is 6.47. The Bertz CT molecular complexity index is 897. The first-order valence-electron chi connectivity index (χ1n) is 7.52. The van der Waals surface area contributed by atoms with Crippen molar-refractivity contribution < 1.29 is 15.2 Å². The van der Waals surface area contributed by atoms with Crippen molar-refractivity contribution in [2.45, 2.75) is 10.5 Å². The lowest BCUT2D eigenvalue weighted by Gasteiger charge is -2.15. The number of nitrogens with one attached hydrogen (secondary N) is 2. The van der Waals surface area contributed by atoms with Crippen LogP contribution in [0.25, 0.3) is 11.4 Å². The average Bonchev–Trinajstić information content (AvgIpc) is 3.22. The number of hydrogen-bond donors (Lipinski definition) is 3. The number of nitrogens with zero attached hydrogens (tertiary/aromatic N) is 3. The molecule has 2 aromatic carbocycles. The molecular weight excluding hydrogens is 342 g/mol. The molecule has 3 N–H and O–H groups in total. The minimum Gasteiger partial charge on any atom is -0.595 e. The van der Waals surface area contributed by atoms with Crippen LogP contribution in [0, 0.1) is 5.21 Å². The summed E-state index contributed by atoms with van der Waals surface area (Å²) >= 11 is 1.52. The van der Waals surface area contributed by atoms with E-state index in [2.05, 4.69) is 15.6 Å². The first kappa shape index (κ1) is 15.9. The van der Waals surface area contributed by atoms with Crippen molar-refractivity contribution >= 4 is 17.4 Å². The molecule has 4 rings (SSSR count). The van der Waals surface area contributed by atoms with Crippen molar-refractivity contribution in [3.63, 3.8) is 0 Å². The third-order valence-corrected chi connectivity index (χ3v) is 5.00. The van der Waals surface area contributed by atoms with Gasteiger partial charge < -0.3 is 15.4 Å². The maximum Gasteiger partial charge on any atom is 0.212 e. The van der Waals surface area contributed by atoms with Gasteiger partial charge in [-0.15, -0.1) is 10.2 Å². The van der Waals surface area contributed by atoms with Crippen LogP contribution in [-0.2, 0) is 0 Å². The van der Waals surface area contributed by atoms with Gasteiger partial charge in [0.1, 0.15) is 11.1 Å². The molecule has 0 fully saturated rings. The summed E-state index contributed by atoms with van der Waals surface area (Å²) in [5.41, 5.74) is 5.42. The van der Waals surface area contributed by atoms with E-state index in [0.29, 0.717) is 5.82 Å². The molecule has 0 spiro atoms. The summed E-state index contributed by atoms with van der Waals surface area (Å²) < 4.78 is 7.24. The molecule has 0 saturated carbocycles. The number of benzene rings is 2. The second-order valence-electron chi connectivity index (χ2n) is 5.40. The molecule has 2 heterocycles. The Labute approximate surface area is 147 Å². The highest BCUT2D eigenvalue weighted by atomic mass is 32.2. The van der Waals surface area contributed by atoms with Gasteiger partial charge in [0.2, 0.25) is 5.16 Å². The zero-order valence-electron chi connectivity index (χ0n) is 13.2. The summed E-state index contributed by atoms with van der Waals surface area (Å²) in [6.45, 7) is 0. The van der Waals surface area contributed by atoms with E-state index in [1.165, 1.54) is 11.8 Å². The van der Waals surface area contributed by atoms with E-state index >= 15 is 0 Å². The number of fused-ring (bicyclic) bond motifs is 1. The number of rotatable bonds is 4. The van der Waals surface area contributed by atoms with Gasteiger partial charge in [0.25, 0.3) is 0 Å². The van der Waals surface area contributed by atoms with E-state index in [9.17, 15) is 5.21 Å². The Morgan fingerprint density at radius 3 is 2.68 bits per heavy atom. The van der Waals surface area contributed by atoms with Gasteiger partial charge >= 0.3 is 0 Å². The third kappa shape index (κ3) is 2.83. The summed E-state index contributed by atoms with van der Waals surface area (Å²) in [4.78, 5) is 0. The molecule has 1 aromatic heterocycles. The predicted molar refractivity (Wildman–Crippen MR) is 92.2 cm³/mol. The molecule has 9 heteroatoms. The van der Waals surface area contributed by atoms with Crippen molar-refractivity contribution in [1.82, 2.24) is 14.9 Å². The molecule has 2 atom stereocenters. The lowest BCUT2D eigenvalue weighted by atomic mass is 10.2. The summed E-state index contributed by atoms with van der Waals surface area (Å²) in [5.74, 6) is 1.39. The third-order valence-electron chi connectivity index (χ3n) is 3.91. The molecule has 1 aliphatic heterocycles. The smallest absolute Gasteiger partial charge is 0.212 e. The Hall–Kier alpha value is -2.59. The number of hydrogen-bond acceptors (Lipinski definition) is 7. The molecule has 0 saturated heterocycles. The SMILES string of the molecule is COc1ccccc1-c1nnc2n1NC(c1ccc([NH+]([O-])O)cc1)S2. The van der Waals surface area contributed by atoms with Crippen LogP contribution in [0.5, 0.6) is 5.75 Å². The Balaban J connectivity index is 1.63. The van der Waals surface area contributed by atoms with Gasteiger partial charge in [-0.3, -0.25) is 0 Å². The summed E-state index contributed by atoms with van der Waals surface area (Å²) in [6, 6.07) is 14.4. The van der Waals surface area contributed by atoms with E-state index in [0.717, 1.165) is 22.0 Å². The van der Waals surface area contributed by atoms with Crippen LogP contribution in [-0.4, -0.2) is 27.2 Å². The fourth-order valence-corrected chi connectivity index (χ4v) is 3.65. The van der Waals surface area contributed by atoms with Crippen molar-refractivity contribution in [2.75, 3.05) is 12.5 Å². The van der Waals surface area contributed by atoms with Crippen molar-refractivity contribution in [3.8, 4) is 17.1 Å². The Morgan fingerprint density at radius 1 is 1.20 bits per heavy atom. The highest BCUT2D eigenvalue weighted by Crippen LogP contribution is 2.41. The zero-order valence-corrected chi connectivity index (χ0v) is 14.0. The van der Waals surface area contributed by atoms with Gasteiger partial charge in [0.05, 0.1) is 12.7 Å². The number of ether oxygens (including phenoxy) is 1. The zero-order chi connectivity index (χ0) is 17.4. The minimum absolute atomic E-state index is 0.0678. The maximum absolute atomic E-state index is 11.0. The van der Waals surface area contributed by atoms with Crippen LogP contribution in [0.1, 0.15) is 10.9 Å². The molecule has 0 aliphatic carbocycles. The van der Waals surface area contributed by atoms with Crippen LogP contribution in [0.4, 0.5) is 5.69 Å². The van der Waals surface area contributed by atoms with E-state index in [-0.39, 0.29) is 11.1 Å². The molecule has 3 aromatic rings. The topological polar surface area (TPSA) is 99.7 Å². The normalized spacial score (nSPS) is 17.0. The molecule has 128 valence electrons. The standard InChI is InChI=1S/C16H15N5O3S/c1-24-13-5-3-2-4-12(13)14-17-18-16-20(14)19-15(25-16)10-6-8-11(9-7-10)21(22)23/h2-9,15,19,21-22H,1H3. The first-order valence-corrected chi connectivity index (χ1v) is 8.40. The fraction of sp³-hybridized carbons (Fsp3) is 0.125. The van der Waals surface area contributed by atoms with Gasteiger partial charge in [-0.05, 0) is 29.8 Å². The lowest BCUT2D eigenvalue weighted by molar-refractivity contribution is -0.991. The van der Waals surface area contributed by atoms with Gasteiger partial charge in [0.15, 0.2) is 11.5 Å². The fourth-order valence-electron chi connectivity index (χ4n) is 2.66. The molecule has 2 unspecified atom stereocenters. The average molecular weight is 357 g/mol. The summed E-state index contributed by atoms with van der Waals surface area (Å²) in [7, 11) is 1.62. The molecule has 1 aliphatic rings. The van der Waals surface area contributed by atoms with Crippen LogP contribution in [0.3, 0.4) is 0 Å². The van der Waals surface area contributed by atoms with Crippen LogP contribution >= 0.6 is 11.8 Å². The Kier molecular flexibility index (Phi) is 4.06. The van der Waals surface area contributed by atoms with Crippen molar-refractivity contribution in [3.05, 3.63) is 59.3 Å². The molecule has 0 bridgehead atoms. The summed E-state index contributed by atoms with van der Waals surface area (Å²) in [5, 5.41) is 28.2. The molecule has 25 heavy (non-hydrogen) atoms. The number of methoxy groups -OCH3 is 1. The van der Waals surface area contributed by atoms with Gasteiger partial charge in [-0.25, -0.2) is 9.88 Å². The number of thioether (sulfide) groups is 1. The van der Waals surface area contributed by atoms with Gasteiger partial charge in [-0.2, -0.15) is 5.23 Å². The minimum atomic E-state index is -0.936.